The summed E-state index contributed by atoms with van der Waals surface area (Å²) >= 11 is 0. The lowest BCUT2D eigenvalue weighted by Gasteiger charge is -1.95. The molecule has 0 amide bonds. The van der Waals surface area contributed by atoms with Crippen LogP contribution < -0.4 is 0 Å². The molecular formula is C8H8F2N2. The maximum absolute atomic E-state index is 12.9. The van der Waals surface area contributed by atoms with Gasteiger partial charge in [0.1, 0.15) is 5.83 Å². The summed E-state index contributed by atoms with van der Waals surface area (Å²) in [5.74, 6) is -1.99. The molecule has 64 valence electrons. The van der Waals surface area contributed by atoms with E-state index in [0.29, 0.717) is 0 Å². The molecule has 1 heterocycles. The second kappa shape index (κ2) is 3.90. The quantitative estimate of drug-likeness (QED) is 0.681. The van der Waals surface area contributed by atoms with Crippen LogP contribution in [0.25, 0.3) is 5.83 Å². The highest BCUT2D eigenvalue weighted by Crippen LogP contribution is 2.18. The Labute approximate surface area is 69.0 Å². The third-order valence-electron chi connectivity index (χ3n) is 1.31. The van der Waals surface area contributed by atoms with Crippen molar-refractivity contribution in [1.82, 2.24) is 9.97 Å². The molecule has 0 aliphatic heterocycles. The summed E-state index contributed by atoms with van der Waals surface area (Å²) in [5, 5.41) is 0. The van der Waals surface area contributed by atoms with Crippen LogP contribution in [0.2, 0.25) is 0 Å². The van der Waals surface area contributed by atoms with Crippen molar-refractivity contribution in [3.8, 4) is 0 Å². The number of halogens is 2. The summed E-state index contributed by atoms with van der Waals surface area (Å²) in [7, 11) is 0. The lowest BCUT2D eigenvalue weighted by molar-refractivity contribution is 0.572. The minimum Gasteiger partial charge on any atom is -0.234 e. The summed E-state index contributed by atoms with van der Waals surface area (Å²) in [6.07, 6.45) is 2.75. The van der Waals surface area contributed by atoms with E-state index in [1.807, 2.05) is 0 Å². The third-order valence-corrected chi connectivity index (χ3v) is 1.31. The molecule has 1 aromatic rings. The minimum atomic E-state index is -0.974. The van der Waals surface area contributed by atoms with Crippen LogP contribution in [0.1, 0.15) is 19.2 Å². The zero-order valence-electron chi connectivity index (χ0n) is 6.59. The van der Waals surface area contributed by atoms with Gasteiger partial charge >= 0.3 is 0 Å². The van der Waals surface area contributed by atoms with Crippen molar-refractivity contribution >= 4 is 5.83 Å². The Morgan fingerprint density at radius 1 is 1.33 bits per heavy atom. The third kappa shape index (κ3) is 1.84. The molecule has 0 aromatic carbocycles. The predicted octanol–water partition coefficient (Wildman–Crippen LogP) is 2.49. The number of hydrogen-bond acceptors (Lipinski definition) is 2. The second-order valence-corrected chi connectivity index (χ2v) is 2.14. The van der Waals surface area contributed by atoms with Crippen LogP contribution >= 0.6 is 0 Å². The fourth-order valence-electron chi connectivity index (χ4n) is 0.689. The van der Waals surface area contributed by atoms with Crippen LogP contribution in [-0.4, -0.2) is 9.97 Å². The van der Waals surface area contributed by atoms with Gasteiger partial charge < -0.3 is 0 Å². The Kier molecular flexibility index (Phi) is 2.85. The molecule has 0 spiro atoms. The fourth-order valence-corrected chi connectivity index (χ4v) is 0.689. The molecule has 0 unspecified atom stereocenters. The highest BCUT2D eigenvalue weighted by Gasteiger charge is 2.08. The second-order valence-electron chi connectivity index (χ2n) is 2.14. The van der Waals surface area contributed by atoms with Gasteiger partial charge in [0.25, 0.3) is 0 Å². The van der Waals surface area contributed by atoms with Crippen LogP contribution in [0.5, 0.6) is 0 Å². The first-order chi connectivity index (χ1) is 5.75. The van der Waals surface area contributed by atoms with E-state index in [0.717, 1.165) is 0 Å². The Balaban J connectivity index is 3.00. The lowest BCUT2D eigenvalue weighted by Crippen LogP contribution is -1.90. The number of nitrogens with zero attached hydrogens (tertiary/aromatic N) is 2. The van der Waals surface area contributed by atoms with Gasteiger partial charge in [-0.2, -0.15) is 4.39 Å². The fraction of sp³-hybridized carbons (Fsp3) is 0.250. The van der Waals surface area contributed by atoms with Gasteiger partial charge in [-0.15, -0.1) is 0 Å². The van der Waals surface area contributed by atoms with E-state index < -0.39 is 11.7 Å². The smallest absolute Gasteiger partial charge is 0.199 e. The average Bonchev–Trinajstić information content (AvgIpc) is 2.17. The maximum Gasteiger partial charge on any atom is 0.199 e. The van der Waals surface area contributed by atoms with E-state index in [-0.39, 0.29) is 12.2 Å². The van der Waals surface area contributed by atoms with Crippen LogP contribution in [0.4, 0.5) is 8.78 Å². The van der Waals surface area contributed by atoms with Crippen LogP contribution in [0.15, 0.2) is 24.3 Å². The monoisotopic (exact) mass is 170 g/mol. The zero-order valence-corrected chi connectivity index (χ0v) is 6.59. The molecule has 0 aliphatic rings. The predicted molar refractivity (Wildman–Crippen MR) is 41.5 cm³/mol. The minimum absolute atomic E-state index is 0.0179. The molecule has 1 aromatic heterocycles. The molecule has 0 fully saturated rings. The van der Waals surface area contributed by atoms with Gasteiger partial charge in [-0.3, -0.25) is 0 Å². The van der Waals surface area contributed by atoms with E-state index in [1.54, 1.807) is 6.07 Å². The van der Waals surface area contributed by atoms with Crippen molar-refractivity contribution in [2.24, 2.45) is 0 Å². The van der Waals surface area contributed by atoms with Gasteiger partial charge in [-0.05, 0) is 12.5 Å². The number of allylic oxidation sites excluding steroid dienone is 1. The first kappa shape index (κ1) is 8.77. The highest BCUT2D eigenvalue weighted by atomic mass is 19.2. The molecule has 0 aliphatic carbocycles. The van der Waals surface area contributed by atoms with Gasteiger partial charge in [0.2, 0.25) is 0 Å². The highest BCUT2D eigenvalue weighted by molar-refractivity contribution is 5.53. The molecule has 0 bridgehead atoms. The van der Waals surface area contributed by atoms with Crippen molar-refractivity contribution < 1.29 is 8.78 Å². The summed E-state index contributed by atoms with van der Waals surface area (Å²) in [6, 6.07) is 1.54. The molecule has 0 N–H and O–H groups in total. The van der Waals surface area contributed by atoms with Crippen molar-refractivity contribution in [1.29, 1.82) is 0 Å². The first-order valence-corrected chi connectivity index (χ1v) is 3.57. The van der Waals surface area contributed by atoms with Crippen molar-refractivity contribution in [3.05, 3.63) is 30.1 Å². The lowest BCUT2D eigenvalue weighted by atomic mass is 10.3. The van der Waals surface area contributed by atoms with Crippen LogP contribution in [0, 0.1) is 0 Å². The average molecular weight is 170 g/mol. The van der Waals surface area contributed by atoms with Gasteiger partial charge in [-0.1, -0.05) is 6.92 Å². The Hall–Kier alpha value is -1.32. The molecule has 1 rings (SSSR count). The molecule has 0 saturated carbocycles. The van der Waals surface area contributed by atoms with E-state index in [9.17, 15) is 8.78 Å². The van der Waals surface area contributed by atoms with Gasteiger partial charge in [0.15, 0.2) is 11.7 Å². The van der Waals surface area contributed by atoms with Gasteiger partial charge in [0, 0.05) is 12.4 Å². The zero-order chi connectivity index (χ0) is 8.97. The molecular weight excluding hydrogens is 162 g/mol. The Bertz CT molecular complexity index is 282. The topological polar surface area (TPSA) is 25.8 Å². The molecule has 0 saturated heterocycles. The van der Waals surface area contributed by atoms with E-state index in [2.05, 4.69) is 9.97 Å². The van der Waals surface area contributed by atoms with E-state index in [1.165, 1.54) is 19.3 Å². The van der Waals surface area contributed by atoms with Gasteiger partial charge in [-0.25, -0.2) is 14.4 Å². The maximum atomic E-state index is 12.9. The number of hydrogen-bond donors (Lipinski definition) is 0. The molecule has 4 heteroatoms. The van der Waals surface area contributed by atoms with Gasteiger partial charge in [0.05, 0.1) is 0 Å². The van der Waals surface area contributed by atoms with E-state index >= 15 is 0 Å². The van der Waals surface area contributed by atoms with E-state index in [4.69, 9.17) is 0 Å². The number of aromatic nitrogens is 2. The largest absolute Gasteiger partial charge is 0.234 e. The molecule has 12 heavy (non-hydrogen) atoms. The molecule has 0 atom stereocenters. The van der Waals surface area contributed by atoms with Crippen LogP contribution in [0.3, 0.4) is 0 Å². The summed E-state index contributed by atoms with van der Waals surface area (Å²) in [5.41, 5.74) is 0. The van der Waals surface area contributed by atoms with Crippen molar-refractivity contribution in [2.75, 3.05) is 0 Å². The Morgan fingerprint density at radius 3 is 2.42 bits per heavy atom. The first-order valence-electron chi connectivity index (χ1n) is 3.57. The summed E-state index contributed by atoms with van der Waals surface area (Å²) in [6.45, 7) is 1.53. The Morgan fingerprint density at radius 2 is 1.92 bits per heavy atom. The standard InChI is InChI=1S/C8H8F2N2/c1-2-6(9)7(10)8-11-4-3-5-12-8/h3-5H,2H2,1H3. The SMILES string of the molecule is CCC(F)=C(F)c1ncccn1. The molecule has 0 radical (unpaired) electrons. The summed E-state index contributed by atoms with van der Waals surface area (Å²) in [4.78, 5) is 7.13. The molecule has 2 nitrogen and oxygen atoms in total. The summed E-state index contributed by atoms with van der Waals surface area (Å²) < 4.78 is 25.5. The van der Waals surface area contributed by atoms with Crippen LogP contribution in [-0.2, 0) is 0 Å². The van der Waals surface area contributed by atoms with Crippen molar-refractivity contribution in [3.63, 3.8) is 0 Å². The normalized spacial score (nSPS) is 12.6. The number of rotatable bonds is 2. The van der Waals surface area contributed by atoms with Crippen molar-refractivity contribution in [2.45, 2.75) is 13.3 Å².